The molecule has 0 aliphatic heterocycles. The summed E-state index contributed by atoms with van der Waals surface area (Å²) in [6.45, 7) is 2.79. The summed E-state index contributed by atoms with van der Waals surface area (Å²) in [7, 11) is 0. The molecule has 6 heteroatoms. The minimum atomic E-state index is -0.432. The molecule has 0 unspecified atom stereocenters. The predicted octanol–water partition coefficient (Wildman–Crippen LogP) is 5.62. The van der Waals surface area contributed by atoms with Gasteiger partial charge in [-0.05, 0) is 42.8 Å². The van der Waals surface area contributed by atoms with E-state index in [9.17, 15) is 4.79 Å². The molecule has 4 rings (SSSR count). The van der Waals surface area contributed by atoms with Gasteiger partial charge in [-0.25, -0.2) is 4.79 Å². The second-order valence-corrected chi connectivity index (χ2v) is 6.63. The van der Waals surface area contributed by atoms with E-state index in [1.54, 1.807) is 30.3 Å². The highest BCUT2D eigenvalue weighted by atomic mass is 16.5. The van der Waals surface area contributed by atoms with Gasteiger partial charge in [-0.2, -0.15) is 0 Å². The molecule has 0 atom stereocenters. The van der Waals surface area contributed by atoms with Crippen LogP contribution in [-0.2, 0) is 11.3 Å². The van der Waals surface area contributed by atoms with E-state index in [0.717, 1.165) is 29.6 Å². The first-order valence-electron chi connectivity index (χ1n) is 9.57. The zero-order chi connectivity index (χ0) is 20.1. The van der Waals surface area contributed by atoms with E-state index in [0.29, 0.717) is 29.4 Å². The highest BCUT2D eigenvalue weighted by Gasteiger charge is 2.14. The molecule has 2 aromatic heterocycles. The fourth-order valence-corrected chi connectivity index (χ4v) is 2.84. The van der Waals surface area contributed by atoms with Gasteiger partial charge in [-0.3, -0.25) is 0 Å². The van der Waals surface area contributed by atoms with Gasteiger partial charge in [-0.1, -0.05) is 36.7 Å². The van der Waals surface area contributed by atoms with Crippen molar-refractivity contribution in [3.05, 3.63) is 71.9 Å². The van der Waals surface area contributed by atoms with E-state index >= 15 is 0 Å². The lowest BCUT2D eigenvalue weighted by Gasteiger charge is -2.06. The third-order valence-electron chi connectivity index (χ3n) is 4.44. The number of rotatable bonds is 8. The van der Waals surface area contributed by atoms with Crippen molar-refractivity contribution in [2.24, 2.45) is 0 Å². The number of furan rings is 1. The molecular weight excluding hydrogens is 370 g/mol. The van der Waals surface area contributed by atoms with Crippen LogP contribution in [0.15, 0.2) is 69.6 Å². The Labute approximate surface area is 168 Å². The van der Waals surface area contributed by atoms with Gasteiger partial charge in [0.1, 0.15) is 23.6 Å². The molecule has 2 aromatic carbocycles. The van der Waals surface area contributed by atoms with Gasteiger partial charge in [0, 0.05) is 11.5 Å². The van der Waals surface area contributed by atoms with Crippen molar-refractivity contribution < 1.29 is 23.2 Å². The van der Waals surface area contributed by atoms with Gasteiger partial charge >= 0.3 is 5.97 Å². The number of nitrogens with zero attached hydrogens (tertiary/aromatic N) is 1. The number of para-hydroxylation sites is 1. The number of carbonyl (C=O) groups excluding carboxylic acids is 1. The molecule has 0 N–H and O–H groups in total. The minimum absolute atomic E-state index is 0.0112. The molecule has 4 aromatic rings. The average Bonchev–Trinajstić information content (AvgIpc) is 3.39. The molecule has 0 bridgehead atoms. The Kier molecular flexibility index (Phi) is 5.61. The number of hydrogen-bond donors (Lipinski definition) is 0. The van der Waals surface area contributed by atoms with Crippen LogP contribution in [-0.4, -0.2) is 17.7 Å². The topological polar surface area (TPSA) is 74.7 Å². The van der Waals surface area contributed by atoms with Crippen LogP contribution >= 0.6 is 0 Å². The van der Waals surface area contributed by atoms with Crippen LogP contribution in [0.4, 0.5) is 0 Å². The highest BCUT2D eigenvalue weighted by Crippen LogP contribution is 2.28. The lowest BCUT2D eigenvalue weighted by Crippen LogP contribution is -2.05. The Morgan fingerprint density at radius 3 is 2.66 bits per heavy atom. The molecule has 0 fully saturated rings. The van der Waals surface area contributed by atoms with Crippen molar-refractivity contribution >= 4 is 16.9 Å². The summed E-state index contributed by atoms with van der Waals surface area (Å²) in [4.78, 5) is 12.2. The summed E-state index contributed by atoms with van der Waals surface area (Å²) in [6.07, 6.45) is 2.07. The molecule has 0 aliphatic carbocycles. The van der Waals surface area contributed by atoms with Crippen molar-refractivity contribution in [2.45, 2.75) is 26.4 Å². The Morgan fingerprint density at radius 1 is 1.03 bits per heavy atom. The fourth-order valence-electron chi connectivity index (χ4n) is 2.84. The van der Waals surface area contributed by atoms with E-state index in [-0.39, 0.29) is 6.61 Å². The standard InChI is InChI=1S/C23H21NO5/c1-2-3-12-26-19-10-8-16(9-11-19)23(25)27-15-18-14-22(29-24-18)21-13-17-6-4-5-7-20(17)28-21/h4-11,13-14H,2-3,12,15H2,1H3. The molecule has 0 radical (unpaired) electrons. The second kappa shape index (κ2) is 8.65. The zero-order valence-corrected chi connectivity index (χ0v) is 16.1. The first-order chi connectivity index (χ1) is 14.2. The molecule has 0 saturated heterocycles. The zero-order valence-electron chi connectivity index (χ0n) is 16.1. The number of esters is 1. The van der Waals surface area contributed by atoms with Gasteiger partial charge in [0.05, 0.1) is 12.2 Å². The Morgan fingerprint density at radius 2 is 1.86 bits per heavy atom. The average molecular weight is 391 g/mol. The molecule has 2 heterocycles. The van der Waals surface area contributed by atoms with Crippen LogP contribution in [0.2, 0.25) is 0 Å². The maximum atomic E-state index is 12.2. The Bertz CT molecular complexity index is 1060. The van der Waals surface area contributed by atoms with E-state index in [2.05, 4.69) is 12.1 Å². The maximum Gasteiger partial charge on any atom is 0.338 e. The number of fused-ring (bicyclic) bond motifs is 1. The normalized spacial score (nSPS) is 10.9. The quantitative estimate of drug-likeness (QED) is 0.286. The van der Waals surface area contributed by atoms with E-state index in [1.807, 2.05) is 30.3 Å². The maximum absolute atomic E-state index is 12.2. The first kappa shape index (κ1) is 18.8. The third-order valence-corrected chi connectivity index (χ3v) is 4.44. The summed E-state index contributed by atoms with van der Waals surface area (Å²) in [5.41, 5.74) is 1.73. The summed E-state index contributed by atoms with van der Waals surface area (Å²) in [5, 5.41) is 4.93. The number of benzene rings is 2. The van der Waals surface area contributed by atoms with Crippen LogP contribution in [0.3, 0.4) is 0 Å². The largest absolute Gasteiger partial charge is 0.494 e. The number of unbranched alkanes of at least 4 members (excludes halogenated alkanes) is 1. The number of hydrogen-bond acceptors (Lipinski definition) is 6. The lowest BCUT2D eigenvalue weighted by molar-refractivity contribution is 0.0464. The van der Waals surface area contributed by atoms with Crippen LogP contribution < -0.4 is 4.74 Å². The van der Waals surface area contributed by atoms with Crippen molar-refractivity contribution in [1.82, 2.24) is 5.16 Å². The minimum Gasteiger partial charge on any atom is -0.494 e. The molecule has 29 heavy (non-hydrogen) atoms. The van der Waals surface area contributed by atoms with Gasteiger partial charge in [0.25, 0.3) is 0 Å². The summed E-state index contributed by atoms with van der Waals surface area (Å²) in [5.74, 6) is 1.37. The monoisotopic (exact) mass is 391 g/mol. The second-order valence-electron chi connectivity index (χ2n) is 6.63. The molecule has 0 saturated carbocycles. The van der Waals surface area contributed by atoms with Crippen molar-refractivity contribution in [1.29, 1.82) is 0 Å². The Balaban J connectivity index is 1.35. The fraction of sp³-hybridized carbons (Fsp3) is 0.217. The molecule has 0 amide bonds. The Hall–Kier alpha value is -3.54. The highest BCUT2D eigenvalue weighted by molar-refractivity contribution is 5.89. The van der Waals surface area contributed by atoms with E-state index in [4.69, 9.17) is 18.4 Å². The molecule has 0 spiro atoms. The van der Waals surface area contributed by atoms with Crippen LogP contribution in [0.5, 0.6) is 5.75 Å². The number of carbonyl (C=O) groups is 1. The summed E-state index contributed by atoms with van der Waals surface area (Å²) in [6, 6.07) is 18.2. The van der Waals surface area contributed by atoms with Crippen molar-refractivity contribution in [3.8, 4) is 17.3 Å². The van der Waals surface area contributed by atoms with Crippen molar-refractivity contribution in [3.63, 3.8) is 0 Å². The summed E-state index contributed by atoms with van der Waals surface area (Å²) >= 11 is 0. The molecule has 0 aliphatic rings. The number of ether oxygens (including phenoxy) is 2. The van der Waals surface area contributed by atoms with Gasteiger partial charge in [0.2, 0.25) is 5.76 Å². The van der Waals surface area contributed by atoms with Crippen LogP contribution in [0.25, 0.3) is 22.5 Å². The smallest absolute Gasteiger partial charge is 0.338 e. The third kappa shape index (κ3) is 4.48. The number of aromatic nitrogens is 1. The van der Waals surface area contributed by atoms with Crippen LogP contribution in [0.1, 0.15) is 35.8 Å². The van der Waals surface area contributed by atoms with Gasteiger partial charge in [-0.15, -0.1) is 0 Å². The summed E-state index contributed by atoms with van der Waals surface area (Å²) < 4.78 is 22.0. The van der Waals surface area contributed by atoms with Crippen molar-refractivity contribution in [2.75, 3.05) is 6.61 Å². The molecule has 6 nitrogen and oxygen atoms in total. The predicted molar refractivity (Wildman–Crippen MR) is 108 cm³/mol. The SMILES string of the molecule is CCCCOc1ccc(C(=O)OCc2cc(-c3cc4ccccc4o3)on2)cc1. The molecular formula is C23H21NO5. The van der Waals surface area contributed by atoms with E-state index in [1.165, 1.54) is 0 Å². The first-order valence-corrected chi connectivity index (χ1v) is 9.57. The van der Waals surface area contributed by atoms with E-state index < -0.39 is 5.97 Å². The van der Waals surface area contributed by atoms with Gasteiger partial charge < -0.3 is 18.4 Å². The lowest BCUT2D eigenvalue weighted by atomic mass is 10.2. The van der Waals surface area contributed by atoms with Gasteiger partial charge in [0.15, 0.2) is 5.76 Å². The van der Waals surface area contributed by atoms with Crippen LogP contribution in [0, 0.1) is 0 Å². The molecule has 148 valence electrons.